The summed E-state index contributed by atoms with van der Waals surface area (Å²) in [5.41, 5.74) is 9.37. The van der Waals surface area contributed by atoms with Gasteiger partial charge in [0, 0.05) is 0 Å². The van der Waals surface area contributed by atoms with Gasteiger partial charge >= 0.3 is 488 Å². The monoisotopic (exact) mass is 1760 g/mol. The standard InChI is InChI=1S/C84H134F2N4S2.3C4H9.3CH3.2Sn/c1-5-9-13-17-21-25-29-33-37-41-45-49-53-57-65-83(66-58-54-50-46-42-38-34-30-26-22-18-14-10-6-2)69-61-63-71-81(89-91-87-71)73(69)75-77(83)79(85)76-74-70(62-64-72-82(74)90-92-88-72)84(78(76)80(75)86,67-59-55-51-47-43-39-35-31-27-23-19-15-11-7-3)68-60-56-52-48-44-40-36-32-28-24-20-16-12-8-4;3*1-3-4-2;;;;;/h61-62H,5-60,65-68H2,1-4H3;3*1,3-4H2,2H3;3*1H3;;. The van der Waals surface area contributed by atoms with E-state index >= 15 is 8.78 Å². The number of aromatic nitrogens is 4. The van der Waals surface area contributed by atoms with Crippen LogP contribution in [0.15, 0.2) is 12.1 Å². The molecule has 2 aliphatic rings. The van der Waals surface area contributed by atoms with Crippen molar-refractivity contribution < 1.29 is 8.78 Å². The molecule has 2 aromatic heterocycles. The first-order chi connectivity index (χ1) is 53.4. The molecule has 0 fully saturated rings. The first-order valence-corrected chi connectivity index (χ1v) is 67.5. The van der Waals surface area contributed by atoms with Gasteiger partial charge in [-0.2, -0.15) is 0 Å². The SMILES string of the molecule is CCCCCCCCCCCCCCCCC1(CCCCCCCCCCCCCCCC)c2c[c]([Sn]([CH3])([CH3])[CH3])c3nsnc3c2-c2c(F)c3c(c(F)c21)-c1c(c[c]([Sn]([CH2]CCC)([CH2]CCC)[CH2]CCC)c2nsnc12)C3(CCCCCCCCCCCCCCCC)CCCCCCCCCCCCCCCC. The number of unbranched alkanes of at least 4 members (excludes halogenated alkanes) is 55. The van der Waals surface area contributed by atoms with Crippen LogP contribution in [-0.4, -0.2) is 54.2 Å². The molecule has 2 heterocycles. The second-order valence-corrected chi connectivity index (χ2v) is 65.7. The van der Waals surface area contributed by atoms with Crippen molar-refractivity contribution in [1.29, 1.82) is 0 Å². The molecule has 4 nitrogen and oxygen atoms in total. The molecule has 10 heteroatoms. The van der Waals surface area contributed by atoms with Crippen molar-refractivity contribution in [2.24, 2.45) is 0 Å². The topological polar surface area (TPSA) is 51.6 Å². The molecule has 2 aliphatic carbocycles. The Morgan fingerprint density at radius 1 is 0.257 bits per heavy atom. The maximum atomic E-state index is 21.0. The van der Waals surface area contributed by atoms with Gasteiger partial charge in [0.1, 0.15) is 0 Å². The molecule has 0 radical (unpaired) electrons. The van der Waals surface area contributed by atoms with Crippen LogP contribution in [-0.2, 0) is 10.8 Å². The molecule has 0 amide bonds. The van der Waals surface area contributed by atoms with E-state index in [-0.39, 0.29) is 11.6 Å². The van der Waals surface area contributed by atoms with Crippen molar-refractivity contribution in [3.8, 4) is 22.3 Å². The Balaban J connectivity index is 1.36. The molecule has 0 aliphatic heterocycles. The zero-order valence-electron chi connectivity index (χ0n) is 73.3. The van der Waals surface area contributed by atoms with Gasteiger partial charge in [-0.1, -0.05) is 207 Å². The number of hydrogen-bond acceptors (Lipinski definition) is 6. The van der Waals surface area contributed by atoms with Crippen molar-refractivity contribution >= 4 is 89.4 Å². The van der Waals surface area contributed by atoms with Gasteiger partial charge in [-0.05, 0) is 0 Å². The van der Waals surface area contributed by atoms with Crippen LogP contribution in [0.4, 0.5) is 8.78 Å². The minimum absolute atomic E-state index is 0.111. The minimum Gasteiger partial charge on any atom is -0.0654 e. The summed E-state index contributed by atoms with van der Waals surface area (Å²) in [7, 11) is 0. The van der Waals surface area contributed by atoms with Gasteiger partial charge in [-0.15, -0.1) is 0 Å². The molecule has 0 spiro atoms. The number of benzene rings is 3. The van der Waals surface area contributed by atoms with E-state index in [2.05, 4.69) is 75.4 Å². The van der Waals surface area contributed by atoms with Crippen molar-refractivity contribution in [3.05, 3.63) is 46.0 Å². The van der Waals surface area contributed by atoms with Crippen molar-refractivity contribution in [2.45, 2.75) is 511 Å². The Hall–Kier alpha value is -1.24. The molecule has 3 aromatic carbocycles. The van der Waals surface area contributed by atoms with Crippen LogP contribution in [0.25, 0.3) is 44.3 Å². The van der Waals surface area contributed by atoms with E-state index in [1.807, 2.05) is 0 Å². The summed E-state index contributed by atoms with van der Waals surface area (Å²) in [6.45, 7) is 16.5. The maximum absolute atomic E-state index is 21.0. The summed E-state index contributed by atoms with van der Waals surface area (Å²) in [5, 5.41) is 0. The van der Waals surface area contributed by atoms with E-state index in [1.165, 1.54) is 398 Å². The molecule has 7 rings (SSSR count). The molecule has 0 atom stereocenters. The van der Waals surface area contributed by atoms with E-state index in [0.717, 1.165) is 110 Å². The van der Waals surface area contributed by atoms with Gasteiger partial charge in [0.2, 0.25) is 0 Å². The average Bonchev–Trinajstić information content (AvgIpc) is 1.50. The smallest absolute Gasteiger partial charge is 0.0654 e. The predicted octanol–water partition coefficient (Wildman–Crippen LogP) is 34.6. The molecule has 0 unspecified atom stereocenters. The van der Waals surface area contributed by atoms with Gasteiger partial charge in [0.05, 0.1) is 0 Å². The van der Waals surface area contributed by atoms with Crippen molar-refractivity contribution in [1.82, 2.24) is 17.5 Å². The molecular weight excluding hydrogens is 1580 g/mol. The van der Waals surface area contributed by atoms with Gasteiger partial charge in [0.25, 0.3) is 0 Å². The van der Waals surface area contributed by atoms with E-state index in [1.54, 1.807) is 3.58 Å². The Bertz CT molecular complexity index is 3130. The zero-order valence-corrected chi connectivity index (χ0v) is 80.6. The molecular formula is C99H170F2N4S2Sn2. The fraction of sp³-hybridized carbons (Fsp3) is 0.818. The number of nitrogens with zero attached hydrogens (tertiary/aromatic N) is 4. The summed E-state index contributed by atoms with van der Waals surface area (Å²) in [5.74, 6) is -0.222. The third-order valence-electron chi connectivity index (χ3n) is 27.2. The number of hydrogen-bond donors (Lipinski definition) is 0. The number of fused-ring (bicyclic) bond motifs is 10. The van der Waals surface area contributed by atoms with Crippen molar-refractivity contribution in [2.75, 3.05) is 0 Å². The Morgan fingerprint density at radius 2 is 0.459 bits per heavy atom. The Labute approximate surface area is 689 Å². The van der Waals surface area contributed by atoms with E-state index in [9.17, 15) is 0 Å². The molecule has 620 valence electrons. The second kappa shape index (κ2) is 54.7. The summed E-state index contributed by atoms with van der Waals surface area (Å²) in [6.07, 6.45) is 83.7. The van der Waals surface area contributed by atoms with Crippen LogP contribution in [0.2, 0.25) is 28.1 Å². The molecule has 109 heavy (non-hydrogen) atoms. The molecule has 0 N–H and O–H groups in total. The molecule has 0 saturated carbocycles. The second-order valence-electron chi connectivity index (χ2n) is 37.1. The Morgan fingerprint density at radius 3 is 0.688 bits per heavy atom. The first-order valence-electron chi connectivity index (χ1n) is 48.6. The quantitative estimate of drug-likeness (QED) is 0.0288. The summed E-state index contributed by atoms with van der Waals surface area (Å²) in [6, 6.07) is 5.28. The van der Waals surface area contributed by atoms with Gasteiger partial charge in [-0.3, -0.25) is 0 Å². The van der Waals surface area contributed by atoms with Crippen LogP contribution in [0, 0.1) is 11.6 Å². The third-order valence-corrected chi connectivity index (χ3v) is 49.5. The van der Waals surface area contributed by atoms with Crippen LogP contribution >= 0.6 is 23.5 Å². The van der Waals surface area contributed by atoms with Gasteiger partial charge in [0.15, 0.2) is 0 Å². The zero-order chi connectivity index (χ0) is 77.7. The third kappa shape index (κ3) is 28.8. The Kier molecular flexibility index (Phi) is 47.6. The van der Waals surface area contributed by atoms with Crippen LogP contribution in [0.3, 0.4) is 0 Å². The average molecular weight is 1760 g/mol. The van der Waals surface area contributed by atoms with Crippen LogP contribution in [0.5, 0.6) is 0 Å². The van der Waals surface area contributed by atoms with Gasteiger partial charge in [-0.25, -0.2) is 0 Å². The molecule has 0 bridgehead atoms. The summed E-state index contributed by atoms with van der Waals surface area (Å²) >= 11 is -3.69. The van der Waals surface area contributed by atoms with Crippen molar-refractivity contribution in [3.63, 3.8) is 0 Å². The van der Waals surface area contributed by atoms with Crippen LogP contribution in [0.1, 0.15) is 494 Å². The van der Waals surface area contributed by atoms with Gasteiger partial charge < -0.3 is 0 Å². The van der Waals surface area contributed by atoms with Crippen LogP contribution < -0.4 is 7.16 Å². The van der Waals surface area contributed by atoms with E-state index in [0.29, 0.717) is 22.3 Å². The summed E-state index contributed by atoms with van der Waals surface area (Å²) in [4.78, 5) is 7.59. The fourth-order valence-corrected chi connectivity index (χ4v) is 42.8. The number of halogens is 2. The predicted molar refractivity (Wildman–Crippen MR) is 488 cm³/mol. The normalized spacial score (nSPS) is 13.8. The first kappa shape index (κ1) is 94.9. The molecule has 0 saturated heterocycles. The number of rotatable bonds is 71. The summed E-state index contributed by atoms with van der Waals surface area (Å²) < 4.78 is 70.6. The van der Waals surface area contributed by atoms with E-state index < -0.39 is 47.6 Å². The van der Waals surface area contributed by atoms with E-state index in [4.69, 9.17) is 17.5 Å². The minimum atomic E-state index is -3.36. The molecule has 5 aromatic rings. The fourth-order valence-electron chi connectivity index (χ4n) is 20.5.